The molecule has 1 aliphatic rings. The standard InChI is InChI=1S/C25H21ClN4O4S/c1-16-28-29-25-22(15-34-35(31,32)20-6-4-3-5-7-20)27-24(17-8-10-18(26)11-9-17)21-14-19(33-2)12-13-23(21)30(16)25/h3-14,22H,15H2,1-2H3/t22-/m0/s1. The summed E-state index contributed by atoms with van der Waals surface area (Å²) in [6.45, 7) is 1.58. The van der Waals surface area contributed by atoms with Crippen molar-refractivity contribution in [1.82, 2.24) is 14.8 Å². The van der Waals surface area contributed by atoms with Crippen LogP contribution in [-0.4, -0.2) is 42.6 Å². The minimum atomic E-state index is -4.00. The van der Waals surface area contributed by atoms with Gasteiger partial charge in [0.2, 0.25) is 0 Å². The zero-order valence-corrected chi connectivity index (χ0v) is 20.5. The summed E-state index contributed by atoms with van der Waals surface area (Å²) in [6, 6.07) is 20.2. The van der Waals surface area contributed by atoms with Crippen molar-refractivity contribution in [2.24, 2.45) is 4.99 Å². The monoisotopic (exact) mass is 508 g/mol. The molecule has 0 bridgehead atoms. The van der Waals surface area contributed by atoms with Crippen LogP contribution in [0.4, 0.5) is 0 Å². The van der Waals surface area contributed by atoms with E-state index in [-0.39, 0.29) is 11.5 Å². The van der Waals surface area contributed by atoms with E-state index in [1.165, 1.54) is 12.1 Å². The minimum Gasteiger partial charge on any atom is -0.497 e. The number of aliphatic imine (C=N–C) groups is 1. The quantitative estimate of drug-likeness (QED) is 0.355. The molecule has 0 fully saturated rings. The summed E-state index contributed by atoms with van der Waals surface area (Å²) in [5.41, 5.74) is 3.01. The topological polar surface area (TPSA) is 95.7 Å². The molecule has 0 amide bonds. The van der Waals surface area contributed by atoms with Gasteiger partial charge < -0.3 is 4.74 Å². The lowest BCUT2D eigenvalue weighted by Crippen LogP contribution is -2.16. The molecule has 2 heterocycles. The van der Waals surface area contributed by atoms with Gasteiger partial charge >= 0.3 is 0 Å². The summed E-state index contributed by atoms with van der Waals surface area (Å²) < 4.78 is 38.4. The van der Waals surface area contributed by atoms with Crippen LogP contribution < -0.4 is 4.74 Å². The third-order valence-electron chi connectivity index (χ3n) is 5.66. The minimum absolute atomic E-state index is 0.0706. The first-order chi connectivity index (χ1) is 16.9. The lowest BCUT2D eigenvalue weighted by molar-refractivity contribution is 0.289. The highest BCUT2D eigenvalue weighted by molar-refractivity contribution is 7.86. The van der Waals surface area contributed by atoms with Gasteiger partial charge in [0.05, 0.1) is 30.0 Å². The number of hydrogen-bond acceptors (Lipinski definition) is 7. The first-order valence-corrected chi connectivity index (χ1v) is 12.5. The molecule has 35 heavy (non-hydrogen) atoms. The van der Waals surface area contributed by atoms with Gasteiger partial charge in [-0.25, -0.2) is 0 Å². The van der Waals surface area contributed by atoms with Gasteiger partial charge in [0.1, 0.15) is 17.6 Å². The van der Waals surface area contributed by atoms with Crippen LogP contribution in [0.25, 0.3) is 5.69 Å². The Hall–Kier alpha value is -3.53. The van der Waals surface area contributed by atoms with Crippen molar-refractivity contribution in [3.63, 3.8) is 0 Å². The summed E-state index contributed by atoms with van der Waals surface area (Å²) in [5.74, 6) is 1.76. The molecule has 0 saturated heterocycles. The van der Waals surface area contributed by atoms with Crippen molar-refractivity contribution in [3.05, 3.63) is 101 Å². The molecule has 5 rings (SSSR count). The Labute approximate surface area is 208 Å². The van der Waals surface area contributed by atoms with Crippen LogP contribution in [0.15, 0.2) is 82.7 Å². The van der Waals surface area contributed by atoms with Crippen molar-refractivity contribution in [2.45, 2.75) is 17.9 Å². The molecule has 8 nitrogen and oxygen atoms in total. The van der Waals surface area contributed by atoms with Gasteiger partial charge in [0.15, 0.2) is 5.82 Å². The van der Waals surface area contributed by atoms with Crippen LogP contribution >= 0.6 is 11.6 Å². The predicted molar refractivity (Wildman–Crippen MR) is 132 cm³/mol. The van der Waals surface area contributed by atoms with Gasteiger partial charge in [-0.1, -0.05) is 41.9 Å². The molecule has 0 spiro atoms. The Balaban J connectivity index is 1.65. The van der Waals surface area contributed by atoms with Gasteiger partial charge in [-0.3, -0.25) is 13.7 Å². The highest BCUT2D eigenvalue weighted by Gasteiger charge is 2.30. The molecular formula is C25H21ClN4O4S. The lowest BCUT2D eigenvalue weighted by atomic mass is 10.00. The van der Waals surface area contributed by atoms with Gasteiger partial charge in [-0.2, -0.15) is 8.42 Å². The molecular weight excluding hydrogens is 488 g/mol. The van der Waals surface area contributed by atoms with Gasteiger partial charge in [0.25, 0.3) is 10.1 Å². The Morgan fingerprint density at radius 3 is 2.46 bits per heavy atom. The maximum Gasteiger partial charge on any atom is 0.297 e. The molecule has 0 saturated carbocycles. The molecule has 0 N–H and O–H groups in total. The van der Waals surface area contributed by atoms with Crippen molar-refractivity contribution in [2.75, 3.05) is 13.7 Å². The van der Waals surface area contributed by atoms with E-state index in [0.29, 0.717) is 28.1 Å². The van der Waals surface area contributed by atoms with Crippen molar-refractivity contribution >= 4 is 27.4 Å². The first-order valence-electron chi connectivity index (χ1n) is 10.8. The predicted octanol–water partition coefficient (Wildman–Crippen LogP) is 4.54. The number of hydrogen-bond donors (Lipinski definition) is 0. The van der Waals surface area contributed by atoms with E-state index >= 15 is 0 Å². The number of benzene rings is 3. The third-order valence-corrected chi connectivity index (χ3v) is 7.21. The number of aryl methyl sites for hydroxylation is 1. The maximum atomic E-state index is 12.8. The number of aromatic nitrogens is 3. The highest BCUT2D eigenvalue weighted by atomic mass is 35.5. The number of fused-ring (bicyclic) bond motifs is 3. The molecule has 1 atom stereocenters. The van der Waals surface area contributed by atoms with Crippen molar-refractivity contribution < 1.29 is 17.3 Å². The summed E-state index contributed by atoms with van der Waals surface area (Å²) in [6.07, 6.45) is 0. The molecule has 0 aliphatic carbocycles. The Morgan fingerprint density at radius 2 is 1.74 bits per heavy atom. The van der Waals surface area contributed by atoms with Crippen LogP contribution in [0.2, 0.25) is 5.02 Å². The second kappa shape index (κ2) is 9.26. The largest absolute Gasteiger partial charge is 0.497 e. The molecule has 0 unspecified atom stereocenters. The molecule has 4 aromatic rings. The summed E-state index contributed by atoms with van der Waals surface area (Å²) >= 11 is 6.12. The maximum absolute atomic E-state index is 12.8. The lowest BCUT2D eigenvalue weighted by Gasteiger charge is -2.14. The number of methoxy groups -OCH3 is 1. The van der Waals surface area contributed by atoms with Gasteiger partial charge in [-0.15, -0.1) is 10.2 Å². The van der Waals surface area contributed by atoms with Crippen LogP contribution in [0.1, 0.15) is 28.8 Å². The third kappa shape index (κ3) is 4.45. The van der Waals surface area contributed by atoms with Crippen LogP contribution in [0.5, 0.6) is 5.75 Å². The average molecular weight is 509 g/mol. The zero-order valence-electron chi connectivity index (χ0n) is 18.9. The number of rotatable bonds is 6. The summed E-state index contributed by atoms with van der Waals surface area (Å²) in [5, 5.41) is 9.16. The second-order valence-corrected chi connectivity index (χ2v) is 9.93. The van der Waals surface area contributed by atoms with Gasteiger partial charge in [0, 0.05) is 16.1 Å². The highest BCUT2D eigenvalue weighted by Crippen LogP contribution is 2.33. The van der Waals surface area contributed by atoms with Gasteiger partial charge in [-0.05, 0) is 49.4 Å². The van der Waals surface area contributed by atoms with Crippen LogP contribution in [0.3, 0.4) is 0 Å². The fraction of sp³-hybridized carbons (Fsp3) is 0.160. The molecule has 1 aromatic heterocycles. The molecule has 0 radical (unpaired) electrons. The van der Waals surface area contributed by atoms with E-state index in [0.717, 1.165) is 16.8 Å². The van der Waals surface area contributed by atoms with E-state index in [1.54, 1.807) is 37.4 Å². The molecule has 10 heteroatoms. The average Bonchev–Trinajstić information content (AvgIpc) is 3.19. The first kappa shape index (κ1) is 23.2. The van der Waals surface area contributed by atoms with Crippen molar-refractivity contribution in [1.29, 1.82) is 0 Å². The smallest absolute Gasteiger partial charge is 0.297 e. The fourth-order valence-corrected chi connectivity index (χ4v) is 5.02. The van der Waals surface area contributed by atoms with E-state index in [2.05, 4.69) is 10.2 Å². The normalized spacial score (nSPS) is 15.1. The van der Waals surface area contributed by atoms with Crippen molar-refractivity contribution in [3.8, 4) is 11.4 Å². The summed E-state index contributed by atoms with van der Waals surface area (Å²) in [4.78, 5) is 5.02. The van der Waals surface area contributed by atoms with Crippen LogP contribution in [-0.2, 0) is 14.3 Å². The van der Waals surface area contributed by atoms with E-state index in [1.807, 2.05) is 41.8 Å². The Bertz CT molecular complexity index is 1520. The van der Waals surface area contributed by atoms with E-state index in [9.17, 15) is 8.42 Å². The molecule has 3 aromatic carbocycles. The number of halogens is 1. The number of nitrogens with zero attached hydrogens (tertiary/aromatic N) is 4. The van der Waals surface area contributed by atoms with Crippen LogP contribution in [0, 0.1) is 6.92 Å². The Kier molecular flexibility index (Phi) is 6.14. The number of ether oxygens (including phenoxy) is 1. The summed E-state index contributed by atoms with van der Waals surface area (Å²) in [7, 11) is -2.40. The second-order valence-electron chi connectivity index (χ2n) is 7.88. The molecule has 1 aliphatic heterocycles. The zero-order chi connectivity index (χ0) is 24.6. The van der Waals surface area contributed by atoms with E-state index < -0.39 is 16.2 Å². The van der Waals surface area contributed by atoms with E-state index in [4.69, 9.17) is 25.5 Å². The molecule has 178 valence electrons. The SMILES string of the molecule is COc1ccc2c(c1)C(c1ccc(Cl)cc1)=N[C@@H](COS(=O)(=O)c1ccccc1)c1nnc(C)n1-2. The Morgan fingerprint density at radius 1 is 1.00 bits per heavy atom. The fourth-order valence-electron chi connectivity index (χ4n) is 3.96.